The molecule has 1 aliphatic rings. The number of ether oxygens (including phenoxy) is 1. The number of benzene rings is 2. The standard InChI is InChI=1S/C25H28N6O2/c1-20-26-27-28-31(20)24(19-22-10-6-12-23(18-22)33-2)25(32)30-16-14-29(15-17-30)13-7-11-21-8-4-3-5-9-21/h3-12,18-19H,13-17H2,1-2H3/b11-7+,24-19-. The Labute approximate surface area is 193 Å². The van der Waals surface area contributed by atoms with Crippen LogP contribution < -0.4 is 4.74 Å². The van der Waals surface area contributed by atoms with E-state index in [4.69, 9.17) is 4.74 Å². The topological polar surface area (TPSA) is 76.4 Å². The Bertz CT molecular complexity index is 1130. The Balaban J connectivity index is 1.44. The summed E-state index contributed by atoms with van der Waals surface area (Å²) in [5, 5.41) is 11.7. The van der Waals surface area contributed by atoms with Gasteiger partial charge in [-0.15, -0.1) is 5.10 Å². The molecular formula is C25H28N6O2. The smallest absolute Gasteiger partial charge is 0.272 e. The van der Waals surface area contributed by atoms with Gasteiger partial charge in [-0.1, -0.05) is 54.6 Å². The van der Waals surface area contributed by atoms with Gasteiger partial charge in [0.15, 0.2) is 5.82 Å². The van der Waals surface area contributed by atoms with Gasteiger partial charge in [0.2, 0.25) is 0 Å². The first kappa shape index (κ1) is 22.4. The first-order valence-corrected chi connectivity index (χ1v) is 11.0. The van der Waals surface area contributed by atoms with Crippen LogP contribution in [-0.4, -0.2) is 75.7 Å². The second kappa shape index (κ2) is 10.7. The third-order valence-electron chi connectivity index (χ3n) is 5.60. The van der Waals surface area contributed by atoms with Crippen molar-refractivity contribution < 1.29 is 9.53 Å². The lowest BCUT2D eigenvalue weighted by Crippen LogP contribution is -2.49. The summed E-state index contributed by atoms with van der Waals surface area (Å²) >= 11 is 0. The molecule has 0 spiro atoms. The Kier molecular flexibility index (Phi) is 7.26. The van der Waals surface area contributed by atoms with Gasteiger partial charge in [0, 0.05) is 32.7 Å². The summed E-state index contributed by atoms with van der Waals surface area (Å²) in [7, 11) is 1.62. The number of piperazine rings is 1. The van der Waals surface area contributed by atoms with E-state index in [9.17, 15) is 4.79 Å². The van der Waals surface area contributed by atoms with E-state index in [1.165, 1.54) is 10.2 Å². The van der Waals surface area contributed by atoms with E-state index >= 15 is 0 Å². The van der Waals surface area contributed by atoms with E-state index in [0.29, 0.717) is 24.6 Å². The van der Waals surface area contributed by atoms with E-state index in [1.54, 1.807) is 14.0 Å². The Morgan fingerprint density at radius 2 is 1.79 bits per heavy atom. The van der Waals surface area contributed by atoms with Crippen LogP contribution in [0, 0.1) is 6.92 Å². The molecule has 170 valence electrons. The number of carbonyl (C=O) groups excluding carboxylic acids is 1. The van der Waals surface area contributed by atoms with E-state index in [2.05, 4.69) is 44.7 Å². The van der Waals surface area contributed by atoms with E-state index in [1.807, 2.05) is 53.4 Å². The van der Waals surface area contributed by atoms with Crippen molar-refractivity contribution in [1.29, 1.82) is 0 Å². The minimum Gasteiger partial charge on any atom is -0.497 e. The molecule has 2 aromatic carbocycles. The van der Waals surface area contributed by atoms with Gasteiger partial charge in [0.05, 0.1) is 7.11 Å². The Morgan fingerprint density at radius 1 is 1.03 bits per heavy atom. The molecule has 2 heterocycles. The maximum absolute atomic E-state index is 13.5. The average Bonchev–Trinajstić information content (AvgIpc) is 3.29. The zero-order chi connectivity index (χ0) is 23.0. The second-order valence-electron chi connectivity index (χ2n) is 7.85. The highest BCUT2D eigenvalue weighted by Crippen LogP contribution is 2.19. The molecule has 1 aromatic heterocycles. The first-order chi connectivity index (χ1) is 16.1. The lowest BCUT2D eigenvalue weighted by Gasteiger charge is -2.34. The van der Waals surface area contributed by atoms with E-state index in [0.717, 1.165) is 30.9 Å². The molecule has 0 aliphatic carbocycles. The molecule has 0 atom stereocenters. The number of tetrazole rings is 1. The number of rotatable bonds is 7. The third-order valence-corrected chi connectivity index (χ3v) is 5.60. The lowest BCUT2D eigenvalue weighted by atomic mass is 10.1. The SMILES string of the molecule is COc1cccc(/C=C(/C(=O)N2CCN(C/C=C/c3ccccc3)CC2)n2nnnc2C)c1. The van der Waals surface area contributed by atoms with E-state index < -0.39 is 0 Å². The van der Waals surface area contributed by atoms with Gasteiger partial charge in [0.25, 0.3) is 5.91 Å². The molecule has 1 aliphatic heterocycles. The molecule has 0 N–H and O–H groups in total. The largest absolute Gasteiger partial charge is 0.497 e. The molecule has 0 radical (unpaired) electrons. The number of nitrogens with zero attached hydrogens (tertiary/aromatic N) is 6. The highest BCUT2D eigenvalue weighted by atomic mass is 16.5. The minimum atomic E-state index is -0.0901. The Hall–Kier alpha value is -3.78. The van der Waals surface area contributed by atoms with Gasteiger partial charge < -0.3 is 9.64 Å². The number of carbonyl (C=O) groups is 1. The van der Waals surface area contributed by atoms with Crippen molar-refractivity contribution in [2.75, 3.05) is 39.8 Å². The summed E-state index contributed by atoms with van der Waals surface area (Å²) in [5.74, 6) is 1.19. The van der Waals surface area contributed by atoms with Crippen LogP contribution >= 0.6 is 0 Å². The number of aryl methyl sites for hydroxylation is 1. The first-order valence-electron chi connectivity index (χ1n) is 11.0. The van der Waals surface area contributed by atoms with Gasteiger partial charge in [-0.25, -0.2) is 0 Å². The molecule has 33 heavy (non-hydrogen) atoms. The molecule has 1 saturated heterocycles. The number of methoxy groups -OCH3 is 1. The van der Waals surface area contributed by atoms with Gasteiger partial charge in [-0.3, -0.25) is 9.69 Å². The molecule has 0 bridgehead atoms. The maximum Gasteiger partial charge on any atom is 0.272 e. The van der Waals surface area contributed by atoms with Crippen molar-refractivity contribution in [3.05, 3.63) is 77.6 Å². The van der Waals surface area contributed by atoms with E-state index in [-0.39, 0.29) is 5.91 Å². The number of aromatic nitrogens is 4. The summed E-state index contributed by atoms with van der Waals surface area (Å²) < 4.78 is 6.81. The van der Waals surface area contributed by atoms with Crippen LogP contribution in [0.25, 0.3) is 17.8 Å². The highest BCUT2D eigenvalue weighted by molar-refractivity contribution is 6.18. The molecule has 4 rings (SSSR count). The van der Waals surface area contributed by atoms with Crippen molar-refractivity contribution in [3.63, 3.8) is 0 Å². The maximum atomic E-state index is 13.5. The average molecular weight is 445 g/mol. The molecule has 1 amide bonds. The van der Waals surface area contributed by atoms with Crippen molar-refractivity contribution >= 4 is 23.8 Å². The number of hydrogen-bond acceptors (Lipinski definition) is 6. The molecule has 3 aromatic rings. The minimum absolute atomic E-state index is 0.0901. The fraction of sp³-hybridized carbons (Fsp3) is 0.280. The summed E-state index contributed by atoms with van der Waals surface area (Å²) in [6.45, 7) is 5.56. The molecule has 8 heteroatoms. The predicted octanol–water partition coefficient (Wildman–Crippen LogP) is 2.85. The van der Waals surface area contributed by atoms with Crippen LogP contribution in [0.1, 0.15) is 17.0 Å². The van der Waals surface area contributed by atoms with Crippen molar-refractivity contribution in [2.24, 2.45) is 0 Å². The summed E-state index contributed by atoms with van der Waals surface area (Å²) in [6, 6.07) is 17.8. The molecule has 8 nitrogen and oxygen atoms in total. The third kappa shape index (κ3) is 5.72. The summed E-state index contributed by atoms with van der Waals surface area (Å²) in [6.07, 6.45) is 6.11. The summed E-state index contributed by atoms with van der Waals surface area (Å²) in [5.41, 5.74) is 2.45. The summed E-state index contributed by atoms with van der Waals surface area (Å²) in [4.78, 5) is 17.7. The van der Waals surface area contributed by atoms with Crippen molar-refractivity contribution in [1.82, 2.24) is 30.0 Å². The second-order valence-corrected chi connectivity index (χ2v) is 7.85. The number of hydrogen-bond donors (Lipinski definition) is 0. The van der Waals surface area contributed by atoms with Gasteiger partial charge in [-0.05, 0) is 46.7 Å². The number of amides is 1. The van der Waals surface area contributed by atoms with Crippen molar-refractivity contribution in [2.45, 2.75) is 6.92 Å². The monoisotopic (exact) mass is 444 g/mol. The highest BCUT2D eigenvalue weighted by Gasteiger charge is 2.26. The van der Waals surface area contributed by atoms with Crippen LogP contribution in [0.15, 0.2) is 60.7 Å². The van der Waals surface area contributed by atoms with Crippen LogP contribution in [-0.2, 0) is 4.79 Å². The van der Waals surface area contributed by atoms with Gasteiger partial charge in [-0.2, -0.15) is 4.68 Å². The van der Waals surface area contributed by atoms with Gasteiger partial charge >= 0.3 is 0 Å². The van der Waals surface area contributed by atoms with Crippen LogP contribution in [0.3, 0.4) is 0 Å². The zero-order valence-electron chi connectivity index (χ0n) is 19.0. The fourth-order valence-corrected chi connectivity index (χ4v) is 3.75. The van der Waals surface area contributed by atoms with Crippen LogP contribution in [0.5, 0.6) is 5.75 Å². The van der Waals surface area contributed by atoms with Crippen LogP contribution in [0.4, 0.5) is 0 Å². The van der Waals surface area contributed by atoms with Crippen LogP contribution in [0.2, 0.25) is 0 Å². The fourth-order valence-electron chi connectivity index (χ4n) is 3.75. The van der Waals surface area contributed by atoms with Gasteiger partial charge in [0.1, 0.15) is 11.4 Å². The lowest BCUT2D eigenvalue weighted by molar-refractivity contribution is -0.127. The molecule has 0 unspecified atom stereocenters. The molecule has 0 saturated carbocycles. The Morgan fingerprint density at radius 3 is 2.48 bits per heavy atom. The normalized spacial score (nSPS) is 15.2. The quantitative estimate of drug-likeness (QED) is 0.522. The predicted molar refractivity (Wildman–Crippen MR) is 128 cm³/mol. The van der Waals surface area contributed by atoms with Crippen molar-refractivity contribution in [3.8, 4) is 5.75 Å². The molecule has 1 fully saturated rings. The molecular weight excluding hydrogens is 416 g/mol. The zero-order valence-corrected chi connectivity index (χ0v) is 19.0.